The van der Waals surface area contributed by atoms with Crippen LogP contribution in [0.2, 0.25) is 0 Å². The van der Waals surface area contributed by atoms with E-state index in [1.807, 2.05) is 26.0 Å². The van der Waals surface area contributed by atoms with Crippen molar-refractivity contribution in [2.75, 3.05) is 0 Å². The number of hydrogen-bond donors (Lipinski definition) is 1. The Morgan fingerprint density at radius 1 is 1.10 bits per heavy atom. The van der Waals surface area contributed by atoms with E-state index in [0.29, 0.717) is 5.56 Å². The first kappa shape index (κ1) is 14.5. The van der Waals surface area contributed by atoms with Crippen molar-refractivity contribution in [3.63, 3.8) is 0 Å². The summed E-state index contributed by atoms with van der Waals surface area (Å²) in [5, 5.41) is 0. The molecule has 2 rings (SSSR count). The highest BCUT2D eigenvalue weighted by Crippen LogP contribution is 2.35. The molecule has 0 radical (unpaired) electrons. The van der Waals surface area contributed by atoms with E-state index in [2.05, 4.69) is 4.98 Å². The van der Waals surface area contributed by atoms with E-state index >= 15 is 0 Å². The van der Waals surface area contributed by atoms with Crippen molar-refractivity contribution in [1.82, 2.24) is 4.98 Å². The summed E-state index contributed by atoms with van der Waals surface area (Å²) in [5.41, 5.74) is 7.87. The Morgan fingerprint density at radius 3 is 2.40 bits per heavy atom. The molecule has 0 spiro atoms. The van der Waals surface area contributed by atoms with Gasteiger partial charge in [0.15, 0.2) is 0 Å². The van der Waals surface area contributed by atoms with Gasteiger partial charge in [-0.3, -0.25) is 4.98 Å². The molecule has 20 heavy (non-hydrogen) atoms. The van der Waals surface area contributed by atoms with Crippen LogP contribution in [0.5, 0.6) is 0 Å². The van der Waals surface area contributed by atoms with E-state index in [0.717, 1.165) is 23.4 Å². The van der Waals surface area contributed by atoms with Gasteiger partial charge in [-0.05, 0) is 31.0 Å². The summed E-state index contributed by atoms with van der Waals surface area (Å²) in [5.74, 6) is 0. The zero-order valence-electron chi connectivity index (χ0n) is 11.2. The van der Waals surface area contributed by atoms with Gasteiger partial charge in [0.25, 0.3) is 0 Å². The monoisotopic (exact) mass is 280 g/mol. The summed E-state index contributed by atoms with van der Waals surface area (Å²) >= 11 is 0. The summed E-state index contributed by atoms with van der Waals surface area (Å²) in [6.45, 7) is 3.76. The van der Waals surface area contributed by atoms with Crippen LogP contribution in [0.3, 0.4) is 0 Å². The lowest BCUT2D eigenvalue weighted by Gasteiger charge is -2.19. The lowest BCUT2D eigenvalue weighted by atomic mass is 9.93. The maximum absolute atomic E-state index is 13.0. The number of rotatable bonds is 2. The van der Waals surface area contributed by atoms with Crippen LogP contribution in [0.15, 0.2) is 36.7 Å². The summed E-state index contributed by atoms with van der Waals surface area (Å²) in [6, 6.07) is 5.62. The molecule has 2 aromatic rings. The third-order valence-corrected chi connectivity index (χ3v) is 3.25. The Bertz CT molecular complexity index is 621. The molecule has 1 aromatic heterocycles. The van der Waals surface area contributed by atoms with Crippen LogP contribution >= 0.6 is 0 Å². The van der Waals surface area contributed by atoms with E-state index in [1.165, 1.54) is 6.20 Å². The first-order chi connectivity index (χ1) is 9.30. The van der Waals surface area contributed by atoms with Crippen LogP contribution in [0.4, 0.5) is 13.2 Å². The van der Waals surface area contributed by atoms with E-state index in [1.54, 1.807) is 6.07 Å². The number of hydrogen-bond acceptors (Lipinski definition) is 2. The van der Waals surface area contributed by atoms with Crippen molar-refractivity contribution in [3.05, 3.63) is 64.5 Å². The third-order valence-electron chi connectivity index (χ3n) is 3.25. The Kier molecular flexibility index (Phi) is 3.81. The number of benzene rings is 1. The number of pyridine rings is 1. The van der Waals surface area contributed by atoms with Crippen molar-refractivity contribution >= 4 is 0 Å². The largest absolute Gasteiger partial charge is 0.416 e. The quantitative estimate of drug-likeness (QED) is 0.909. The molecule has 5 heteroatoms. The average Bonchev–Trinajstić information content (AvgIpc) is 2.37. The smallest absolute Gasteiger partial charge is 0.320 e. The van der Waals surface area contributed by atoms with Gasteiger partial charge < -0.3 is 5.73 Å². The molecule has 0 aliphatic carbocycles. The standard InChI is InChI=1S/C15H15F3N2/c1-9-3-4-11(10(2)7-9)14(19)12-8-20-6-5-13(12)15(16,17)18/h3-8,14H,19H2,1-2H3. The van der Waals surface area contributed by atoms with E-state index in [4.69, 9.17) is 5.73 Å². The summed E-state index contributed by atoms with van der Waals surface area (Å²) < 4.78 is 39.0. The minimum atomic E-state index is -4.44. The van der Waals surface area contributed by atoms with Gasteiger partial charge in [-0.2, -0.15) is 13.2 Å². The molecule has 0 bridgehead atoms. The van der Waals surface area contributed by atoms with Gasteiger partial charge in [0, 0.05) is 18.0 Å². The Morgan fingerprint density at radius 2 is 1.80 bits per heavy atom. The Balaban J connectivity index is 2.51. The van der Waals surface area contributed by atoms with Gasteiger partial charge in [0.1, 0.15) is 0 Å². The molecule has 0 saturated heterocycles. The highest BCUT2D eigenvalue weighted by molar-refractivity contribution is 5.41. The molecule has 1 aromatic carbocycles. The zero-order valence-corrected chi connectivity index (χ0v) is 11.2. The zero-order chi connectivity index (χ0) is 14.9. The first-order valence-electron chi connectivity index (χ1n) is 6.14. The lowest BCUT2D eigenvalue weighted by Crippen LogP contribution is -2.19. The summed E-state index contributed by atoms with van der Waals surface area (Å²) in [4.78, 5) is 3.77. The molecule has 2 nitrogen and oxygen atoms in total. The number of nitrogens with two attached hydrogens (primary N) is 1. The van der Waals surface area contributed by atoms with Crippen molar-refractivity contribution in [2.24, 2.45) is 5.73 Å². The molecule has 2 N–H and O–H groups in total. The Hall–Kier alpha value is -1.88. The van der Waals surface area contributed by atoms with Crippen LogP contribution in [-0.2, 0) is 6.18 Å². The molecule has 106 valence electrons. The Labute approximate surface area is 115 Å². The first-order valence-corrected chi connectivity index (χ1v) is 6.14. The van der Waals surface area contributed by atoms with E-state index in [9.17, 15) is 13.2 Å². The van der Waals surface area contributed by atoms with Crippen LogP contribution in [0.1, 0.15) is 33.9 Å². The van der Waals surface area contributed by atoms with Crippen molar-refractivity contribution in [2.45, 2.75) is 26.1 Å². The number of nitrogens with zero attached hydrogens (tertiary/aromatic N) is 1. The maximum Gasteiger partial charge on any atom is 0.416 e. The van der Waals surface area contributed by atoms with Crippen molar-refractivity contribution < 1.29 is 13.2 Å². The third kappa shape index (κ3) is 2.82. The molecule has 0 aliphatic heterocycles. The fourth-order valence-corrected chi connectivity index (χ4v) is 2.25. The number of aryl methyl sites for hydroxylation is 2. The number of aromatic nitrogens is 1. The number of alkyl halides is 3. The topological polar surface area (TPSA) is 38.9 Å². The molecule has 1 atom stereocenters. The molecule has 0 saturated carbocycles. The highest BCUT2D eigenvalue weighted by atomic mass is 19.4. The van der Waals surface area contributed by atoms with Crippen LogP contribution in [-0.4, -0.2) is 4.98 Å². The molecular formula is C15H15F3N2. The van der Waals surface area contributed by atoms with Gasteiger partial charge >= 0.3 is 6.18 Å². The summed E-state index contributed by atoms with van der Waals surface area (Å²) in [7, 11) is 0. The fourth-order valence-electron chi connectivity index (χ4n) is 2.25. The lowest BCUT2D eigenvalue weighted by molar-refractivity contribution is -0.138. The number of halogens is 3. The van der Waals surface area contributed by atoms with E-state index < -0.39 is 17.8 Å². The average molecular weight is 280 g/mol. The highest BCUT2D eigenvalue weighted by Gasteiger charge is 2.35. The van der Waals surface area contributed by atoms with Gasteiger partial charge in [-0.1, -0.05) is 23.8 Å². The minimum Gasteiger partial charge on any atom is -0.320 e. The van der Waals surface area contributed by atoms with Gasteiger partial charge in [0.05, 0.1) is 11.6 Å². The van der Waals surface area contributed by atoms with Crippen molar-refractivity contribution in [1.29, 1.82) is 0 Å². The van der Waals surface area contributed by atoms with Crippen molar-refractivity contribution in [3.8, 4) is 0 Å². The second-order valence-corrected chi connectivity index (χ2v) is 4.80. The molecular weight excluding hydrogens is 265 g/mol. The normalized spacial score (nSPS) is 13.3. The predicted octanol–water partition coefficient (Wildman–Crippen LogP) is 3.77. The SMILES string of the molecule is Cc1ccc(C(N)c2cnccc2C(F)(F)F)c(C)c1. The van der Waals surface area contributed by atoms with Gasteiger partial charge in [0.2, 0.25) is 0 Å². The van der Waals surface area contributed by atoms with Gasteiger partial charge in [-0.15, -0.1) is 0 Å². The van der Waals surface area contributed by atoms with Crippen LogP contribution in [0.25, 0.3) is 0 Å². The fraction of sp³-hybridized carbons (Fsp3) is 0.267. The molecule has 0 aliphatic rings. The molecule has 1 heterocycles. The molecule has 0 fully saturated rings. The predicted molar refractivity (Wildman–Crippen MR) is 71.2 cm³/mol. The molecule has 0 amide bonds. The second-order valence-electron chi connectivity index (χ2n) is 4.80. The van der Waals surface area contributed by atoms with Crippen LogP contribution < -0.4 is 5.73 Å². The second kappa shape index (κ2) is 5.25. The van der Waals surface area contributed by atoms with E-state index in [-0.39, 0.29) is 5.56 Å². The van der Waals surface area contributed by atoms with Crippen LogP contribution in [0, 0.1) is 13.8 Å². The summed E-state index contributed by atoms with van der Waals surface area (Å²) in [6.07, 6.45) is -2.12. The maximum atomic E-state index is 13.0. The minimum absolute atomic E-state index is 0.00745. The van der Waals surface area contributed by atoms with Gasteiger partial charge in [-0.25, -0.2) is 0 Å². The molecule has 1 unspecified atom stereocenters.